The molecular weight excluding hydrogens is 254 g/mol. The molecule has 0 amide bonds. The van der Waals surface area contributed by atoms with Crippen molar-refractivity contribution in [2.45, 2.75) is 70.7 Å². The third kappa shape index (κ3) is 7.02. The van der Waals surface area contributed by atoms with E-state index in [0.29, 0.717) is 6.54 Å². The summed E-state index contributed by atoms with van der Waals surface area (Å²) in [7, 11) is 4.93. The highest BCUT2D eigenvalue weighted by molar-refractivity contribution is 4.71. The molecule has 1 atom stereocenters. The van der Waals surface area contributed by atoms with Gasteiger partial charge in [-0.1, -0.05) is 45.4 Å². The van der Waals surface area contributed by atoms with Crippen LogP contribution in [0.4, 0.5) is 0 Å². The lowest BCUT2D eigenvalue weighted by atomic mass is 9.93. The van der Waals surface area contributed by atoms with Gasteiger partial charge in [0.15, 0.2) is 0 Å². The zero-order chi connectivity index (χ0) is 15.3. The summed E-state index contributed by atoms with van der Waals surface area (Å²) in [5, 5.41) is 0. The number of unbranched alkanes of at least 4 members (excludes halogenated alkanes) is 5. The Balaban J connectivity index is 4.25. The van der Waals surface area contributed by atoms with E-state index in [1.165, 1.54) is 38.5 Å². The lowest BCUT2D eigenvalue weighted by Gasteiger charge is -2.36. The van der Waals surface area contributed by atoms with E-state index in [4.69, 9.17) is 19.9 Å². The zero-order valence-electron chi connectivity index (χ0n) is 14.0. The predicted octanol–water partition coefficient (Wildman–Crippen LogP) is 3.69. The van der Waals surface area contributed by atoms with Crippen molar-refractivity contribution in [2.75, 3.05) is 27.9 Å². The predicted molar refractivity (Wildman–Crippen MR) is 83.5 cm³/mol. The van der Waals surface area contributed by atoms with Gasteiger partial charge in [-0.3, -0.25) is 0 Å². The molecule has 122 valence electrons. The van der Waals surface area contributed by atoms with Crippen molar-refractivity contribution in [3.05, 3.63) is 0 Å². The van der Waals surface area contributed by atoms with Gasteiger partial charge in [0.25, 0.3) is 5.97 Å². The first-order valence-electron chi connectivity index (χ1n) is 8.06. The minimum Gasteiger partial charge on any atom is -0.331 e. The quantitative estimate of drug-likeness (QED) is 0.391. The maximum absolute atomic E-state index is 5.63. The summed E-state index contributed by atoms with van der Waals surface area (Å²) < 4.78 is 16.5. The largest absolute Gasteiger partial charge is 0.331 e. The van der Waals surface area contributed by atoms with Crippen LogP contribution in [0.2, 0.25) is 0 Å². The number of hydrogen-bond donors (Lipinski definition) is 1. The molecule has 0 heterocycles. The molecule has 0 aromatic rings. The highest BCUT2D eigenvalue weighted by atomic mass is 16.9. The van der Waals surface area contributed by atoms with Gasteiger partial charge in [-0.25, -0.2) is 0 Å². The van der Waals surface area contributed by atoms with Crippen LogP contribution in [0.5, 0.6) is 0 Å². The second-order valence-corrected chi connectivity index (χ2v) is 5.40. The van der Waals surface area contributed by atoms with Crippen LogP contribution in [0.1, 0.15) is 64.7 Å². The number of methoxy groups -OCH3 is 3. The Morgan fingerprint density at radius 2 is 1.30 bits per heavy atom. The van der Waals surface area contributed by atoms with Crippen molar-refractivity contribution in [3.63, 3.8) is 0 Å². The van der Waals surface area contributed by atoms with E-state index < -0.39 is 5.97 Å². The Morgan fingerprint density at radius 1 is 0.800 bits per heavy atom. The highest BCUT2D eigenvalue weighted by Crippen LogP contribution is 2.32. The summed E-state index contributed by atoms with van der Waals surface area (Å²) in [4.78, 5) is 0. The molecule has 0 fully saturated rings. The number of hydrogen-bond acceptors (Lipinski definition) is 4. The third-order valence-corrected chi connectivity index (χ3v) is 4.02. The molecule has 1 unspecified atom stereocenters. The van der Waals surface area contributed by atoms with E-state index in [2.05, 4.69) is 6.92 Å². The third-order valence-electron chi connectivity index (χ3n) is 4.02. The van der Waals surface area contributed by atoms with Crippen LogP contribution >= 0.6 is 0 Å². The summed E-state index contributed by atoms with van der Waals surface area (Å²) in [6, 6.07) is 0. The van der Waals surface area contributed by atoms with E-state index in [1.807, 2.05) is 0 Å². The van der Waals surface area contributed by atoms with Gasteiger partial charge in [-0.05, 0) is 25.8 Å². The van der Waals surface area contributed by atoms with Crippen LogP contribution < -0.4 is 5.73 Å². The molecule has 4 heteroatoms. The van der Waals surface area contributed by atoms with E-state index in [0.717, 1.165) is 19.3 Å². The summed E-state index contributed by atoms with van der Waals surface area (Å²) >= 11 is 0. The first-order valence-corrected chi connectivity index (χ1v) is 8.06. The smallest absolute Gasteiger partial charge is 0.285 e. The Bertz CT molecular complexity index is 200. The van der Waals surface area contributed by atoms with Crippen molar-refractivity contribution in [2.24, 2.45) is 11.7 Å². The molecule has 0 bridgehead atoms. The molecule has 0 aromatic heterocycles. The Labute approximate surface area is 125 Å². The van der Waals surface area contributed by atoms with Gasteiger partial charge in [-0.15, -0.1) is 0 Å². The number of ether oxygens (including phenoxy) is 3. The van der Waals surface area contributed by atoms with Gasteiger partial charge >= 0.3 is 0 Å². The molecule has 0 radical (unpaired) electrons. The second-order valence-electron chi connectivity index (χ2n) is 5.40. The fourth-order valence-electron chi connectivity index (χ4n) is 2.78. The van der Waals surface area contributed by atoms with Crippen molar-refractivity contribution >= 4 is 0 Å². The van der Waals surface area contributed by atoms with Crippen LogP contribution in [0.25, 0.3) is 0 Å². The average molecular weight is 289 g/mol. The second kappa shape index (κ2) is 12.6. The zero-order valence-corrected chi connectivity index (χ0v) is 14.0. The lowest BCUT2D eigenvalue weighted by Crippen LogP contribution is -2.44. The van der Waals surface area contributed by atoms with Gasteiger partial charge in [0.05, 0.1) is 0 Å². The van der Waals surface area contributed by atoms with E-state index in [1.54, 1.807) is 21.3 Å². The highest BCUT2D eigenvalue weighted by Gasteiger charge is 2.39. The lowest BCUT2D eigenvalue weighted by molar-refractivity contribution is -0.380. The molecule has 0 saturated heterocycles. The van der Waals surface area contributed by atoms with Gasteiger partial charge in [0.2, 0.25) is 0 Å². The summed E-state index contributed by atoms with van der Waals surface area (Å²) in [6.07, 6.45) is 10.8. The summed E-state index contributed by atoms with van der Waals surface area (Å²) in [5.41, 5.74) is 5.63. The Morgan fingerprint density at radius 3 is 1.80 bits per heavy atom. The molecule has 0 aliphatic rings. The van der Waals surface area contributed by atoms with E-state index in [-0.39, 0.29) is 5.92 Å². The summed E-state index contributed by atoms with van der Waals surface area (Å²) in [6.45, 7) is 2.94. The minimum atomic E-state index is -0.918. The minimum absolute atomic E-state index is 0.234. The average Bonchev–Trinajstić information content (AvgIpc) is 2.49. The van der Waals surface area contributed by atoms with E-state index >= 15 is 0 Å². The fourth-order valence-corrected chi connectivity index (χ4v) is 2.78. The van der Waals surface area contributed by atoms with Crippen LogP contribution in [-0.4, -0.2) is 33.8 Å². The molecule has 0 rings (SSSR count). The fraction of sp³-hybridized carbons (Fsp3) is 1.00. The van der Waals surface area contributed by atoms with Gasteiger partial charge in [0, 0.05) is 27.2 Å². The van der Waals surface area contributed by atoms with Gasteiger partial charge in [0.1, 0.15) is 0 Å². The van der Waals surface area contributed by atoms with Gasteiger partial charge < -0.3 is 19.9 Å². The van der Waals surface area contributed by atoms with Crippen LogP contribution in [0, 0.1) is 5.92 Å². The topological polar surface area (TPSA) is 53.7 Å². The maximum atomic E-state index is 5.63. The maximum Gasteiger partial charge on any atom is 0.285 e. The number of rotatable bonds is 14. The molecule has 0 saturated carbocycles. The molecule has 20 heavy (non-hydrogen) atoms. The van der Waals surface area contributed by atoms with E-state index in [9.17, 15) is 0 Å². The first-order chi connectivity index (χ1) is 9.70. The SMILES string of the molecule is CCCCCCCCC(CCCN)C(OC)(OC)OC. The first kappa shape index (κ1) is 19.8. The normalized spacial score (nSPS) is 13.7. The van der Waals surface area contributed by atoms with Crippen molar-refractivity contribution in [1.29, 1.82) is 0 Å². The molecule has 4 nitrogen and oxygen atoms in total. The Kier molecular flexibility index (Phi) is 12.5. The van der Waals surface area contributed by atoms with Gasteiger partial charge in [-0.2, -0.15) is 0 Å². The monoisotopic (exact) mass is 289 g/mol. The number of nitrogens with two attached hydrogens (primary N) is 1. The summed E-state index contributed by atoms with van der Waals surface area (Å²) in [5.74, 6) is -0.685. The Hall–Kier alpha value is -0.160. The molecule has 0 aliphatic carbocycles. The molecular formula is C16H35NO3. The van der Waals surface area contributed by atoms with Crippen molar-refractivity contribution < 1.29 is 14.2 Å². The molecule has 0 aliphatic heterocycles. The molecule has 0 spiro atoms. The van der Waals surface area contributed by atoms with Crippen molar-refractivity contribution in [3.8, 4) is 0 Å². The van der Waals surface area contributed by atoms with Crippen LogP contribution in [0.15, 0.2) is 0 Å². The van der Waals surface area contributed by atoms with Crippen LogP contribution in [0.3, 0.4) is 0 Å². The van der Waals surface area contributed by atoms with Crippen LogP contribution in [-0.2, 0) is 14.2 Å². The standard InChI is InChI=1S/C16H35NO3/c1-5-6-7-8-9-10-12-15(13-11-14-17)16(18-2,19-3)20-4/h15H,5-14,17H2,1-4H3. The molecule has 0 aromatic carbocycles. The molecule has 2 N–H and O–H groups in total. The van der Waals surface area contributed by atoms with Crippen molar-refractivity contribution in [1.82, 2.24) is 0 Å².